The van der Waals surface area contributed by atoms with Gasteiger partial charge in [-0.25, -0.2) is 0 Å². The number of furan rings is 1. The van der Waals surface area contributed by atoms with E-state index in [1.54, 1.807) is 12.1 Å². The van der Waals surface area contributed by atoms with Crippen molar-refractivity contribution >= 4 is 21.7 Å². The van der Waals surface area contributed by atoms with Crippen LogP contribution < -0.4 is 0 Å². The van der Waals surface area contributed by atoms with E-state index in [0.717, 1.165) is 12.8 Å². The van der Waals surface area contributed by atoms with Crippen LogP contribution in [0.3, 0.4) is 0 Å². The first-order valence-corrected chi connectivity index (χ1v) is 8.32. The fourth-order valence-corrected chi connectivity index (χ4v) is 2.49. The van der Waals surface area contributed by atoms with Gasteiger partial charge in [0, 0.05) is 6.42 Å². The summed E-state index contributed by atoms with van der Waals surface area (Å²) in [5.41, 5.74) is 0. The van der Waals surface area contributed by atoms with E-state index in [4.69, 9.17) is 4.42 Å². The first-order valence-electron chi connectivity index (χ1n) is 7.52. The Morgan fingerprint density at radius 3 is 2.11 bits per heavy atom. The van der Waals surface area contributed by atoms with Gasteiger partial charge in [0.1, 0.15) is 0 Å². The molecule has 0 aliphatic rings. The molecule has 1 aromatic rings. The molecule has 19 heavy (non-hydrogen) atoms. The van der Waals surface area contributed by atoms with Crippen molar-refractivity contribution in [3.63, 3.8) is 0 Å². The van der Waals surface area contributed by atoms with Crippen molar-refractivity contribution in [2.75, 3.05) is 0 Å². The third-order valence-electron chi connectivity index (χ3n) is 3.36. The molecule has 1 aromatic heterocycles. The van der Waals surface area contributed by atoms with E-state index in [9.17, 15) is 4.79 Å². The Morgan fingerprint density at radius 1 is 1.00 bits per heavy atom. The van der Waals surface area contributed by atoms with Crippen LogP contribution in [0.2, 0.25) is 0 Å². The van der Waals surface area contributed by atoms with Crippen LogP contribution in [0, 0.1) is 0 Å². The van der Waals surface area contributed by atoms with Crippen molar-refractivity contribution in [3.8, 4) is 0 Å². The zero-order chi connectivity index (χ0) is 13.9. The van der Waals surface area contributed by atoms with E-state index in [2.05, 4.69) is 22.9 Å². The van der Waals surface area contributed by atoms with Gasteiger partial charge in [-0.1, -0.05) is 58.3 Å². The minimum absolute atomic E-state index is 0.119. The number of carbonyl (C=O) groups is 1. The zero-order valence-corrected chi connectivity index (χ0v) is 13.5. The number of rotatable bonds is 11. The zero-order valence-electron chi connectivity index (χ0n) is 11.9. The lowest BCUT2D eigenvalue weighted by molar-refractivity contribution is 0.0951. The summed E-state index contributed by atoms with van der Waals surface area (Å²) in [6.07, 6.45) is 12.1. The van der Waals surface area contributed by atoms with Crippen molar-refractivity contribution < 1.29 is 9.21 Å². The number of hydrogen-bond acceptors (Lipinski definition) is 2. The minimum Gasteiger partial charge on any atom is -0.446 e. The number of Topliss-reactive ketones (excluding diaryl/α,β-unsaturated/α-hetero) is 1. The largest absolute Gasteiger partial charge is 0.446 e. The second-order valence-corrected chi connectivity index (χ2v) is 5.89. The average molecular weight is 329 g/mol. The lowest BCUT2D eigenvalue weighted by Gasteiger charge is -2.01. The van der Waals surface area contributed by atoms with Crippen molar-refractivity contribution in [1.82, 2.24) is 0 Å². The van der Waals surface area contributed by atoms with Gasteiger partial charge in [-0.2, -0.15) is 0 Å². The molecule has 0 aliphatic heterocycles. The van der Waals surface area contributed by atoms with Crippen molar-refractivity contribution in [2.45, 2.75) is 71.1 Å². The maximum absolute atomic E-state index is 11.8. The Hall–Kier alpha value is -0.570. The van der Waals surface area contributed by atoms with E-state index in [1.165, 1.54) is 44.9 Å². The number of hydrogen-bond donors (Lipinski definition) is 0. The lowest BCUT2D eigenvalue weighted by atomic mass is 10.1. The van der Waals surface area contributed by atoms with E-state index >= 15 is 0 Å². The summed E-state index contributed by atoms with van der Waals surface area (Å²) in [5.74, 6) is 0.597. The Kier molecular flexibility index (Phi) is 8.89. The molecule has 0 spiro atoms. The fourth-order valence-electron chi connectivity index (χ4n) is 2.18. The normalized spacial score (nSPS) is 10.8. The topological polar surface area (TPSA) is 30.2 Å². The Balaban J connectivity index is 1.95. The van der Waals surface area contributed by atoms with Gasteiger partial charge in [0.2, 0.25) is 0 Å². The molecule has 0 atom stereocenters. The first kappa shape index (κ1) is 16.5. The van der Waals surface area contributed by atoms with Crippen molar-refractivity contribution in [1.29, 1.82) is 0 Å². The molecule has 0 bridgehead atoms. The molecule has 0 unspecified atom stereocenters. The Morgan fingerprint density at radius 2 is 1.58 bits per heavy atom. The number of ketones is 1. The first-order chi connectivity index (χ1) is 9.24. The molecule has 1 rings (SSSR count). The summed E-state index contributed by atoms with van der Waals surface area (Å²) < 4.78 is 5.87. The molecular formula is C16H25BrO2. The molecule has 108 valence electrons. The number of unbranched alkanes of at least 4 members (excludes halogenated alkanes) is 8. The Labute approximate surface area is 125 Å². The molecule has 0 amide bonds. The minimum atomic E-state index is 0.119. The standard InChI is InChI=1S/C16H25BrO2/c1-2-3-4-5-6-7-8-9-10-11-14(18)15-12-13-16(17)19-15/h12-13H,2-11H2,1H3. The smallest absolute Gasteiger partial charge is 0.198 e. The average Bonchev–Trinajstić information content (AvgIpc) is 2.83. The van der Waals surface area contributed by atoms with Gasteiger partial charge in [-0.15, -0.1) is 0 Å². The maximum Gasteiger partial charge on any atom is 0.198 e. The highest BCUT2D eigenvalue weighted by Gasteiger charge is 2.09. The van der Waals surface area contributed by atoms with Gasteiger partial charge in [0.15, 0.2) is 16.2 Å². The predicted octanol–water partition coefficient (Wildman–Crippen LogP) is 6.15. The molecule has 0 saturated heterocycles. The highest BCUT2D eigenvalue weighted by molar-refractivity contribution is 9.10. The number of halogens is 1. The molecule has 0 radical (unpaired) electrons. The van der Waals surface area contributed by atoms with E-state index in [0.29, 0.717) is 16.9 Å². The summed E-state index contributed by atoms with van der Waals surface area (Å²) in [4.78, 5) is 11.8. The summed E-state index contributed by atoms with van der Waals surface area (Å²) in [6, 6.07) is 3.50. The summed E-state index contributed by atoms with van der Waals surface area (Å²) in [7, 11) is 0. The van der Waals surface area contributed by atoms with Gasteiger partial charge < -0.3 is 4.42 Å². The second-order valence-electron chi connectivity index (χ2n) is 5.11. The van der Waals surface area contributed by atoms with Crippen LogP contribution >= 0.6 is 15.9 Å². The molecule has 1 heterocycles. The van der Waals surface area contributed by atoms with Crippen LogP contribution in [-0.2, 0) is 0 Å². The van der Waals surface area contributed by atoms with Crippen LogP contribution in [0.4, 0.5) is 0 Å². The number of carbonyl (C=O) groups excluding carboxylic acids is 1. The monoisotopic (exact) mass is 328 g/mol. The lowest BCUT2D eigenvalue weighted by Crippen LogP contribution is -1.96. The fraction of sp³-hybridized carbons (Fsp3) is 0.688. The van der Waals surface area contributed by atoms with Crippen molar-refractivity contribution in [3.05, 3.63) is 22.6 Å². The molecule has 0 fully saturated rings. The molecule has 2 nitrogen and oxygen atoms in total. The van der Waals surface area contributed by atoms with Crippen LogP contribution in [0.15, 0.2) is 21.2 Å². The molecule has 3 heteroatoms. The van der Waals surface area contributed by atoms with Gasteiger partial charge in [-0.05, 0) is 34.5 Å². The van der Waals surface area contributed by atoms with Crippen LogP contribution in [0.25, 0.3) is 0 Å². The van der Waals surface area contributed by atoms with Crippen LogP contribution in [-0.4, -0.2) is 5.78 Å². The maximum atomic E-state index is 11.8. The predicted molar refractivity (Wildman–Crippen MR) is 82.6 cm³/mol. The van der Waals surface area contributed by atoms with Gasteiger partial charge in [-0.3, -0.25) is 4.79 Å². The molecule has 0 N–H and O–H groups in total. The summed E-state index contributed by atoms with van der Waals surface area (Å²) in [6.45, 7) is 2.24. The molecule has 0 aromatic carbocycles. The quantitative estimate of drug-likeness (QED) is 0.360. The van der Waals surface area contributed by atoms with Crippen LogP contribution in [0.5, 0.6) is 0 Å². The van der Waals surface area contributed by atoms with E-state index in [1.807, 2.05) is 0 Å². The molecular weight excluding hydrogens is 304 g/mol. The van der Waals surface area contributed by atoms with Gasteiger partial charge in [0.25, 0.3) is 0 Å². The third-order valence-corrected chi connectivity index (χ3v) is 3.78. The SMILES string of the molecule is CCCCCCCCCCCC(=O)c1ccc(Br)o1. The van der Waals surface area contributed by atoms with E-state index in [-0.39, 0.29) is 5.78 Å². The van der Waals surface area contributed by atoms with Crippen LogP contribution in [0.1, 0.15) is 81.7 Å². The third kappa shape index (κ3) is 7.56. The Bertz CT molecular complexity index is 357. The highest BCUT2D eigenvalue weighted by atomic mass is 79.9. The molecule has 0 aliphatic carbocycles. The highest BCUT2D eigenvalue weighted by Crippen LogP contribution is 2.17. The van der Waals surface area contributed by atoms with E-state index < -0.39 is 0 Å². The van der Waals surface area contributed by atoms with Crippen molar-refractivity contribution in [2.24, 2.45) is 0 Å². The summed E-state index contributed by atoms with van der Waals surface area (Å²) in [5, 5.41) is 0. The molecule has 0 saturated carbocycles. The summed E-state index contributed by atoms with van der Waals surface area (Å²) >= 11 is 3.21. The second kappa shape index (κ2) is 10.2. The van der Waals surface area contributed by atoms with Gasteiger partial charge >= 0.3 is 0 Å². The van der Waals surface area contributed by atoms with Gasteiger partial charge in [0.05, 0.1) is 0 Å².